The van der Waals surface area contributed by atoms with Crippen molar-refractivity contribution in [3.05, 3.63) is 70.8 Å². The maximum Gasteiger partial charge on any atom is 0.310 e. The summed E-state index contributed by atoms with van der Waals surface area (Å²) in [6, 6.07) is 11.4. The number of methoxy groups -OCH3 is 1. The van der Waals surface area contributed by atoms with Gasteiger partial charge in [-0.2, -0.15) is 15.4 Å². The molecule has 0 aliphatic carbocycles. The lowest BCUT2D eigenvalue weighted by Crippen LogP contribution is -2.42. The first-order valence-corrected chi connectivity index (χ1v) is 12.9. The van der Waals surface area contributed by atoms with Crippen LogP contribution < -0.4 is 10.6 Å². The Morgan fingerprint density at radius 3 is 2.66 bits per heavy atom. The second-order valence-corrected chi connectivity index (χ2v) is 9.22. The second kappa shape index (κ2) is 15.2. The van der Waals surface area contributed by atoms with Crippen LogP contribution in [0.15, 0.2) is 48.7 Å². The molecule has 0 aliphatic heterocycles. The van der Waals surface area contributed by atoms with Crippen LogP contribution in [-0.4, -0.2) is 66.7 Å². The summed E-state index contributed by atoms with van der Waals surface area (Å²) in [6.07, 6.45) is 2.91. The van der Waals surface area contributed by atoms with Crippen molar-refractivity contribution in [1.82, 2.24) is 26.0 Å². The minimum Gasteiger partial charge on any atom is -0.466 e. The highest BCUT2D eigenvalue weighted by Crippen LogP contribution is 2.27. The number of H-pyrrole nitrogens is 1. The summed E-state index contributed by atoms with van der Waals surface area (Å²) in [7, 11) is 1.64. The molecule has 11 heteroatoms. The molecule has 1 amide bonds. The highest BCUT2D eigenvalue weighted by Gasteiger charge is 2.26. The molecule has 38 heavy (non-hydrogen) atoms. The number of benzene rings is 2. The van der Waals surface area contributed by atoms with Crippen LogP contribution >= 0.6 is 11.6 Å². The third-order valence-electron chi connectivity index (χ3n) is 5.94. The molecule has 3 aromatic rings. The van der Waals surface area contributed by atoms with Gasteiger partial charge in [-0.25, -0.2) is 4.39 Å². The third kappa shape index (κ3) is 8.90. The Kier molecular flexibility index (Phi) is 11.7. The Hall–Kier alpha value is -3.34. The number of hydrogen-bond acceptors (Lipinski definition) is 7. The Labute approximate surface area is 226 Å². The molecule has 3 N–H and O–H groups in total. The number of esters is 1. The number of nitrogens with one attached hydrogen (secondary N) is 3. The van der Waals surface area contributed by atoms with E-state index in [0.717, 1.165) is 12.0 Å². The van der Waals surface area contributed by atoms with Gasteiger partial charge in [-0.15, -0.1) is 0 Å². The van der Waals surface area contributed by atoms with Crippen molar-refractivity contribution in [1.29, 1.82) is 0 Å². The number of aromatic nitrogens is 3. The molecule has 0 fully saturated rings. The Morgan fingerprint density at radius 1 is 1.18 bits per heavy atom. The normalized spacial score (nSPS) is 12.6. The molecular weight excluding hydrogens is 513 g/mol. The predicted molar refractivity (Wildman–Crippen MR) is 142 cm³/mol. The number of carbonyl (C=O) groups excluding carboxylic acids is 2. The number of nitrogens with zero attached hydrogens (tertiary/aromatic N) is 2. The number of ether oxygens (including phenoxy) is 2. The summed E-state index contributed by atoms with van der Waals surface area (Å²) in [5.41, 5.74) is 2.13. The molecule has 9 nitrogen and oxygen atoms in total. The summed E-state index contributed by atoms with van der Waals surface area (Å²) in [5.74, 6) is -1.59. The van der Waals surface area contributed by atoms with Gasteiger partial charge in [-0.1, -0.05) is 35.9 Å². The van der Waals surface area contributed by atoms with Crippen molar-refractivity contribution < 1.29 is 23.5 Å². The molecule has 0 bridgehead atoms. The zero-order chi connectivity index (χ0) is 27.3. The van der Waals surface area contributed by atoms with Crippen molar-refractivity contribution in [2.24, 2.45) is 5.92 Å². The fourth-order valence-electron chi connectivity index (χ4n) is 4.07. The van der Waals surface area contributed by atoms with Crippen LogP contribution in [0, 0.1) is 11.7 Å². The highest BCUT2D eigenvalue weighted by atomic mass is 35.5. The van der Waals surface area contributed by atoms with Gasteiger partial charge in [0.15, 0.2) is 5.69 Å². The van der Waals surface area contributed by atoms with Gasteiger partial charge in [0.2, 0.25) is 0 Å². The van der Waals surface area contributed by atoms with Gasteiger partial charge < -0.3 is 20.1 Å². The maximum atomic E-state index is 14.3. The quantitative estimate of drug-likeness (QED) is 0.196. The fraction of sp³-hybridized carbons (Fsp3) is 0.407. The molecule has 0 radical (unpaired) electrons. The Bertz CT molecular complexity index is 1160. The van der Waals surface area contributed by atoms with Gasteiger partial charge in [0, 0.05) is 36.9 Å². The van der Waals surface area contributed by atoms with Crippen molar-refractivity contribution in [3.63, 3.8) is 0 Å². The SMILES string of the molecule is CCOC(=O)C(CNCCCOC)CC(Cc1ccc(-c2cc(Cl)ccc2F)cc1)NC(=O)c1cn[nH]n1. The molecule has 204 valence electrons. The summed E-state index contributed by atoms with van der Waals surface area (Å²) >= 11 is 6.05. The Balaban J connectivity index is 1.77. The molecule has 0 saturated heterocycles. The minimum atomic E-state index is -0.486. The van der Waals surface area contributed by atoms with Gasteiger partial charge in [-0.05, 0) is 62.1 Å². The van der Waals surface area contributed by atoms with Crippen molar-refractivity contribution in [3.8, 4) is 11.1 Å². The van der Waals surface area contributed by atoms with Crippen LogP contribution in [0.1, 0.15) is 35.8 Å². The smallest absolute Gasteiger partial charge is 0.310 e. The average Bonchev–Trinajstić information content (AvgIpc) is 3.45. The van der Waals surface area contributed by atoms with E-state index in [1.165, 1.54) is 18.3 Å². The molecule has 0 aliphatic rings. The molecule has 1 heterocycles. The van der Waals surface area contributed by atoms with E-state index < -0.39 is 17.9 Å². The first kappa shape index (κ1) is 29.2. The highest BCUT2D eigenvalue weighted by molar-refractivity contribution is 6.30. The largest absolute Gasteiger partial charge is 0.466 e. The van der Waals surface area contributed by atoms with Gasteiger partial charge in [0.1, 0.15) is 5.82 Å². The van der Waals surface area contributed by atoms with E-state index >= 15 is 0 Å². The molecule has 1 aromatic heterocycles. The number of hydrogen-bond donors (Lipinski definition) is 3. The number of carbonyl (C=O) groups is 2. The van der Waals surface area contributed by atoms with Crippen LogP contribution in [0.5, 0.6) is 0 Å². The lowest BCUT2D eigenvalue weighted by molar-refractivity contribution is -0.148. The minimum absolute atomic E-state index is 0.146. The van der Waals surface area contributed by atoms with E-state index in [2.05, 4.69) is 26.0 Å². The van der Waals surface area contributed by atoms with E-state index in [0.29, 0.717) is 48.7 Å². The standard InChI is InChI=1S/C27H33ClFN5O4/c1-3-38-27(36)20(16-30-11-4-12-37-2)14-22(32-26(35)25-17-31-34-33-25)13-18-5-7-19(8-6-18)23-15-21(28)9-10-24(23)29/h5-10,15,17,20,22,30H,3-4,11-14,16H2,1-2H3,(H,32,35)(H,31,33,34). The van der Waals surface area contributed by atoms with Crippen molar-refractivity contribution >= 4 is 23.5 Å². The lowest BCUT2D eigenvalue weighted by Gasteiger charge is -2.24. The fourth-order valence-corrected chi connectivity index (χ4v) is 4.24. The Morgan fingerprint density at radius 2 is 1.97 bits per heavy atom. The van der Waals surface area contributed by atoms with E-state index in [1.54, 1.807) is 32.2 Å². The molecule has 3 rings (SSSR count). The number of halogens is 2. The summed E-state index contributed by atoms with van der Waals surface area (Å²) in [4.78, 5) is 25.5. The number of rotatable bonds is 15. The van der Waals surface area contributed by atoms with Crippen LogP contribution in [-0.2, 0) is 20.7 Å². The van der Waals surface area contributed by atoms with Gasteiger partial charge in [0.25, 0.3) is 5.91 Å². The molecule has 2 unspecified atom stereocenters. The van der Waals surface area contributed by atoms with Gasteiger partial charge in [0.05, 0.1) is 18.7 Å². The van der Waals surface area contributed by atoms with Crippen LogP contribution in [0.3, 0.4) is 0 Å². The van der Waals surface area contributed by atoms with E-state index in [1.807, 2.05) is 12.1 Å². The maximum absolute atomic E-state index is 14.3. The summed E-state index contributed by atoms with van der Waals surface area (Å²) in [6.45, 7) is 3.71. The zero-order valence-corrected chi connectivity index (χ0v) is 22.3. The van der Waals surface area contributed by atoms with Gasteiger partial charge >= 0.3 is 5.97 Å². The summed E-state index contributed by atoms with van der Waals surface area (Å²) in [5, 5.41) is 16.7. The molecule has 0 spiro atoms. The monoisotopic (exact) mass is 545 g/mol. The van der Waals surface area contributed by atoms with Crippen molar-refractivity contribution in [2.45, 2.75) is 32.2 Å². The van der Waals surface area contributed by atoms with E-state index in [4.69, 9.17) is 21.1 Å². The second-order valence-electron chi connectivity index (χ2n) is 8.79. The third-order valence-corrected chi connectivity index (χ3v) is 6.18. The average molecular weight is 546 g/mol. The predicted octanol–water partition coefficient (Wildman–Crippen LogP) is 3.80. The van der Waals surface area contributed by atoms with Crippen LogP contribution in [0.4, 0.5) is 4.39 Å². The lowest BCUT2D eigenvalue weighted by atomic mass is 9.93. The summed E-state index contributed by atoms with van der Waals surface area (Å²) < 4.78 is 24.7. The molecule has 2 aromatic carbocycles. The van der Waals surface area contributed by atoms with Crippen LogP contribution in [0.25, 0.3) is 11.1 Å². The van der Waals surface area contributed by atoms with E-state index in [-0.39, 0.29) is 24.1 Å². The zero-order valence-electron chi connectivity index (χ0n) is 21.5. The molecular formula is C27H33ClFN5O4. The topological polar surface area (TPSA) is 118 Å². The van der Waals surface area contributed by atoms with Crippen LogP contribution in [0.2, 0.25) is 5.02 Å². The van der Waals surface area contributed by atoms with Crippen molar-refractivity contribution in [2.75, 3.05) is 33.4 Å². The number of amides is 1. The van der Waals surface area contributed by atoms with Gasteiger partial charge in [-0.3, -0.25) is 9.59 Å². The van der Waals surface area contributed by atoms with E-state index in [9.17, 15) is 14.0 Å². The first-order valence-electron chi connectivity index (χ1n) is 12.5. The number of aromatic amines is 1. The first-order chi connectivity index (χ1) is 18.4. The molecule has 2 atom stereocenters. The molecule has 0 saturated carbocycles.